The molecule has 1 aliphatic rings. The number of hydrogen-bond donors (Lipinski definition) is 0. The van der Waals surface area contributed by atoms with Gasteiger partial charge in [0, 0.05) is 11.9 Å². The Balaban J connectivity index is 0.000000218. The van der Waals surface area contributed by atoms with Gasteiger partial charge in [0.15, 0.2) is 0 Å². The number of carboxylic acid groups (broad SMARTS) is 1. The molecular formula is C12H17NO5S. The van der Waals surface area contributed by atoms with E-state index in [0.717, 1.165) is 5.56 Å². The first kappa shape index (κ1) is 15.6. The SMILES string of the molecule is CCC(C(=O)[O-])c1ccccc1.C[N+]1(C)OS1(=O)=O. The van der Waals surface area contributed by atoms with Crippen LogP contribution in [0.4, 0.5) is 0 Å². The number of carbonyl (C=O) groups is 1. The Bertz CT molecular complexity index is 538. The van der Waals surface area contributed by atoms with Crippen molar-refractivity contribution in [3.05, 3.63) is 35.9 Å². The lowest BCUT2D eigenvalue weighted by Crippen LogP contribution is -2.29. The monoisotopic (exact) mass is 287 g/mol. The zero-order chi connectivity index (χ0) is 14.7. The van der Waals surface area contributed by atoms with Crippen LogP contribution in [-0.4, -0.2) is 32.5 Å². The van der Waals surface area contributed by atoms with Crippen LogP contribution in [0.15, 0.2) is 30.3 Å². The molecule has 0 aromatic heterocycles. The van der Waals surface area contributed by atoms with Gasteiger partial charge in [-0.05, 0) is 20.3 Å². The molecule has 1 aromatic rings. The van der Waals surface area contributed by atoms with E-state index in [1.807, 2.05) is 37.3 Å². The van der Waals surface area contributed by atoms with E-state index < -0.39 is 22.2 Å². The van der Waals surface area contributed by atoms with E-state index in [9.17, 15) is 18.3 Å². The molecule has 1 atom stereocenters. The van der Waals surface area contributed by atoms with Gasteiger partial charge in [0.05, 0.1) is 0 Å². The van der Waals surface area contributed by atoms with Crippen molar-refractivity contribution < 1.29 is 26.7 Å². The van der Waals surface area contributed by atoms with Gasteiger partial charge in [0.1, 0.15) is 14.1 Å². The average Bonchev–Trinajstić information content (AvgIpc) is 2.77. The third-order valence-electron chi connectivity index (χ3n) is 2.69. The number of rotatable bonds is 3. The Hall–Kier alpha value is -1.44. The maximum Gasteiger partial charge on any atom is 0.514 e. The van der Waals surface area contributed by atoms with Crippen LogP contribution < -0.4 is 5.11 Å². The van der Waals surface area contributed by atoms with Crippen LogP contribution in [0.2, 0.25) is 0 Å². The fourth-order valence-electron chi connectivity index (χ4n) is 1.44. The first-order valence-corrected chi connectivity index (χ1v) is 7.14. The van der Waals surface area contributed by atoms with Crippen molar-refractivity contribution in [3.8, 4) is 0 Å². The number of hydrogen-bond acceptors (Lipinski definition) is 5. The van der Waals surface area contributed by atoms with Gasteiger partial charge in [-0.3, -0.25) is 0 Å². The summed E-state index contributed by atoms with van der Waals surface area (Å²) in [5.74, 6) is -1.46. The first-order chi connectivity index (χ1) is 8.71. The molecule has 0 radical (unpaired) electrons. The molecule has 0 N–H and O–H groups in total. The number of carbonyl (C=O) groups excluding carboxylic acids is 1. The molecule has 0 saturated carbocycles. The summed E-state index contributed by atoms with van der Waals surface area (Å²) in [6.45, 7) is 1.84. The number of hydroxylamine groups is 2. The maximum absolute atomic E-state index is 10.6. The summed E-state index contributed by atoms with van der Waals surface area (Å²) in [7, 11) is -0.250. The summed E-state index contributed by atoms with van der Waals surface area (Å²) in [6.07, 6.45) is 0.576. The van der Waals surface area contributed by atoms with Gasteiger partial charge in [0.25, 0.3) is 0 Å². The van der Waals surface area contributed by atoms with Crippen LogP contribution in [-0.2, 0) is 19.4 Å². The van der Waals surface area contributed by atoms with Gasteiger partial charge in [-0.2, -0.15) is 0 Å². The highest BCUT2D eigenvalue weighted by molar-refractivity contribution is 7.84. The molecule has 1 saturated heterocycles. The standard InChI is InChI=1S/C10H12O2.C2H6NO3S/c1-2-9(10(11)12)8-6-4-3-5-7-8;1-3(2)6-7(3,4)5/h3-7,9H,2H2,1H3,(H,11,12);1-2H3/q;+1/p-1. The van der Waals surface area contributed by atoms with Crippen LogP contribution in [0.1, 0.15) is 24.8 Å². The van der Waals surface area contributed by atoms with Crippen molar-refractivity contribution in [2.45, 2.75) is 19.3 Å². The van der Waals surface area contributed by atoms with E-state index in [1.165, 1.54) is 14.1 Å². The molecule has 0 amide bonds. The zero-order valence-electron chi connectivity index (χ0n) is 11.1. The average molecular weight is 287 g/mol. The third-order valence-corrected chi connectivity index (χ3v) is 4.27. The van der Waals surface area contributed by atoms with Crippen molar-refractivity contribution in [1.29, 1.82) is 0 Å². The highest BCUT2D eigenvalue weighted by Gasteiger charge is 2.60. The quantitative estimate of drug-likeness (QED) is 0.585. The van der Waals surface area contributed by atoms with E-state index in [0.29, 0.717) is 6.42 Å². The minimum Gasteiger partial charge on any atom is -0.549 e. The van der Waals surface area contributed by atoms with Crippen molar-refractivity contribution in [3.63, 3.8) is 0 Å². The Labute approximate surface area is 113 Å². The molecule has 1 unspecified atom stereocenters. The van der Waals surface area contributed by atoms with Crippen LogP contribution in [0.3, 0.4) is 0 Å². The highest BCUT2D eigenvalue weighted by Crippen LogP contribution is 2.28. The van der Waals surface area contributed by atoms with Crippen molar-refractivity contribution >= 4 is 16.3 Å². The number of nitrogens with zero attached hydrogens (tertiary/aromatic N) is 1. The number of aliphatic carboxylic acids is 1. The minimum absolute atomic E-state index is 0.326. The predicted molar refractivity (Wildman–Crippen MR) is 66.6 cm³/mol. The summed E-state index contributed by atoms with van der Waals surface area (Å²) < 4.78 is 24.2. The van der Waals surface area contributed by atoms with Gasteiger partial charge < -0.3 is 9.90 Å². The predicted octanol–water partition coefficient (Wildman–Crippen LogP) is 0.183. The van der Waals surface area contributed by atoms with Crippen molar-refractivity contribution in [2.75, 3.05) is 14.1 Å². The lowest BCUT2D eigenvalue weighted by molar-refractivity contribution is -0.845. The number of carboxylic acids is 1. The molecule has 0 spiro atoms. The van der Waals surface area contributed by atoms with Crippen molar-refractivity contribution in [1.82, 2.24) is 0 Å². The molecule has 6 nitrogen and oxygen atoms in total. The second-order valence-electron chi connectivity index (χ2n) is 4.44. The summed E-state index contributed by atoms with van der Waals surface area (Å²) in [6, 6.07) is 9.15. The second kappa shape index (κ2) is 5.68. The van der Waals surface area contributed by atoms with Gasteiger partial charge in [0.2, 0.25) is 0 Å². The Morgan fingerprint density at radius 3 is 2.00 bits per heavy atom. The normalized spacial score (nSPS) is 19.7. The molecule has 0 aliphatic carbocycles. The highest BCUT2D eigenvalue weighted by atomic mass is 32.3. The van der Waals surface area contributed by atoms with Crippen LogP contribution in [0.25, 0.3) is 0 Å². The van der Waals surface area contributed by atoms with Crippen LogP contribution >= 0.6 is 0 Å². The topological polar surface area (TPSA) is 86.8 Å². The molecule has 1 heterocycles. The van der Waals surface area contributed by atoms with Gasteiger partial charge in [-0.25, -0.2) is 0 Å². The van der Waals surface area contributed by atoms with E-state index in [-0.39, 0.29) is 4.05 Å². The molecule has 1 aliphatic heterocycles. The fraction of sp³-hybridized carbons (Fsp3) is 0.417. The zero-order valence-corrected chi connectivity index (χ0v) is 11.9. The molecule has 1 fully saturated rings. The number of benzene rings is 1. The molecular weight excluding hydrogens is 270 g/mol. The first-order valence-electron chi connectivity index (χ1n) is 5.77. The van der Waals surface area contributed by atoms with Crippen LogP contribution in [0, 0.1) is 0 Å². The number of quaternary nitrogens is 1. The summed E-state index contributed by atoms with van der Waals surface area (Å²) in [5, 5.41) is 10.6. The largest absolute Gasteiger partial charge is 0.549 e. The van der Waals surface area contributed by atoms with Crippen molar-refractivity contribution in [2.24, 2.45) is 0 Å². The molecule has 0 bridgehead atoms. The van der Waals surface area contributed by atoms with Gasteiger partial charge in [-0.15, -0.1) is 8.42 Å². The van der Waals surface area contributed by atoms with Crippen LogP contribution in [0.5, 0.6) is 0 Å². The Morgan fingerprint density at radius 2 is 1.74 bits per heavy atom. The third kappa shape index (κ3) is 4.02. The lowest BCUT2D eigenvalue weighted by atomic mass is 9.97. The van der Waals surface area contributed by atoms with E-state index in [2.05, 4.69) is 4.28 Å². The maximum atomic E-state index is 10.6. The second-order valence-corrected chi connectivity index (χ2v) is 6.33. The Kier molecular flexibility index (Phi) is 4.67. The lowest BCUT2D eigenvalue weighted by Gasteiger charge is -2.15. The Morgan fingerprint density at radius 1 is 1.32 bits per heavy atom. The van der Waals surface area contributed by atoms with E-state index >= 15 is 0 Å². The minimum atomic E-state index is -3.16. The molecule has 106 valence electrons. The molecule has 1 aromatic carbocycles. The summed E-state index contributed by atoms with van der Waals surface area (Å²) >= 11 is 0. The van der Waals surface area contributed by atoms with E-state index in [1.54, 1.807) is 0 Å². The summed E-state index contributed by atoms with van der Waals surface area (Å²) in [4.78, 5) is 10.6. The van der Waals surface area contributed by atoms with Gasteiger partial charge in [-0.1, -0.05) is 37.3 Å². The fourth-order valence-corrected chi connectivity index (χ4v) is 2.01. The molecule has 19 heavy (non-hydrogen) atoms. The molecule has 2 rings (SSSR count). The summed E-state index contributed by atoms with van der Waals surface area (Å²) in [5.41, 5.74) is 0.819. The smallest absolute Gasteiger partial charge is 0.514 e. The van der Waals surface area contributed by atoms with E-state index in [4.69, 9.17) is 0 Å². The molecule has 7 heteroatoms. The van der Waals surface area contributed by atoms with Gasteiger partial charge >= 0.3 is 10.3 Å².